The van der Waals surface area contributed by atoms with Gasteiger partial charge in [0.25, 0.3) is 7.82 Å². The second-order valence-corrected chi connectivity index (χ2v) is 14.6. The zero-order valence-electron chi connectivity index (χ0n) is 29.1. The number of rotatable bonds is 31. The fourth-order valence-electron chi connectivity index (χ4n) is 4.75. The summed E-state index contributed by atoms with van der Waals surface area (Å²) in [7, 11) is 1.24. The fraction of sp³-hybridized carbons (Fsp3) is 0.857. The molecule has 1 amide bonds. The molecule has 0 heterocycles. The third-order valence-electron chi connectivity index (χ3n) is 7.66. The van der Waals surface area contributed by atoms with E-state index < -0.39 is 26.6 Å². The van der Waals surface area contributed by atoms with Crippen molar-refractivity contribution in [2.45, 2.75) is 154 Å². The second-order valence-electron chi connectivity index (χ2n) is 13.2. The summed E-state index contributed by atoms with van der Waals surface area (Å²) in [4.78, 5) is 25.0. The lowest BCUT2D eigenvalue weighted by Gasteiger charge is -2.29. The third-order valence-corrected chi connectivity index (χ3v) is 8.63. The molecule has 0 aromatic carbocycles. The molecule has 0 aliphatic carbocycles. The van der Waals surface area contributed by atoms with Crippen LogP contribution in [0.2, 0.25) is 0 Å². The maximum atomic E-state index is 12.6. The number of likely N-dealkylation sites (N-methyl/N-ethyl adjacent to an activating group) is 1. The molecule has 0 aromatic rings. The quantitative estimate of drug-likeness (QED) is 0.0343. The third kappa shape index (κ3) is 29.7. The lowest BCUT2D eigenvalue weighted by atomic mass is 10.1. The molecule has 0 aliphatic rings. The van der Waals surface area contributed by atoms with Gasteiger partial charge in [0.15, 0.2) is 0 Å². The Hall–Kier alpha value is -1.02. The van der Waals surface area contributed by atoms with E-state index in [1.54, 1.807) is 6.08 Å². The van der Waals surface area contributed by atoms with Gasteiger partial charge in [-0.05, 0) is 32.1 Å². The van der Waals surface area contributed by atoms with Gasteiger partial charge in [-0.2, -0.15) is 0 Å². The van der Waals surface area contributed by atoms with Crippen molar-refractivity contribution in [1.29, 1.82) is 0 Å². The van der Waals surface area contributed by atoms with E-state index in [2.05, 4.69) is 31.3 Å². The predicted octanol–water partition coefficient (Wildman–Crippen LogP) is 7.99. The van der Waals surface area contributed by atoms with Crippen LogP contribution in [0, 0.1) is 0 Å². The summed E-state index contributed by atoms with van der Waals surface area (Å²) in [6, 6.07) is -0.894. The van der Waals surface area contributed by atoms with Crippen LogP contribution in [0.4, 0.5) is 0 Å². The van der Waals surface area contributed by atoms with Crippen LogP contribution in [-0.4, -0.2) is 68.5 Å². The Morgan fingerprint density at radius 2 is 1.27 bits per heavy atom. The van der Waals surface area contributed by atoms with Gasteiger partial charge in [-0.1, -0.05) is 128 Å². The summed E-state index contributed by atoms with van der Waals surface area (Å²) in [6.45, 7) is 4.55. The van der Waals surface area contributed by atoms with Gasteiger partial charge in [0.1, 0.15) is 13.2 Å². The van der Waals surface area contributed by atoms with Crippen molar-refractivity contribution < 1.29 is 32.9 Å². The van der Waals surface area contributed by atoms with E-state index in [1.807, 2.05) is 27.2 Å². The number of hydrogen-bond acceptors (Lipinski definition) is 6. The molecule has 9 heteroatoms. The fourth-order valence-corrected chi connectivity index (χ4v) is 5.48. The number of phosphoric acid groups is 1. The van der Waals surface area contributed by atoms with Crippen LogP contribution in [0.1, 0.15) is 142 Å². The Labute approximate surface area is 271 Å². The van der Waals surface area contributed by atoms with Gasteiger partial charge in [0.2, 0.25) is 5.91 Å². The highest BCUT2D eigenvalue weighted by Crippen LogP contribution is 2.38. The number of hydrogen-bond donors (Lipinski definition) is 2. The molecule has 0 aromatic heterocycles. The molecule has 0 bridgehead atoms. The molecule has 3 atom stereocenters. The number of amides is 1. The van der Waals surface area contributed by atoms with Gasteiger partial charge in [-0.3, -0.25) is 9.36 Å². The lowest BCUT2D eigenvalue weighted by molar-refractivity contribution is -0.870. The number of aliphatic hydroxyl groups excluding tert-OH is 1. The first kappa shape index (κ1) is 43.0. The van der Waals surface area contributed by atoms with Crippen LogP contribution in [-0.2, 0) is 18.4 Å². The summed E-state index contributed by atoms with van der Waals surface area (Å²) < 4.78 is 23.0. The van der Waals surface area contributed by atoms with Crippen molar-refractivity contribution in [3.05, 3.63) is 24.3 Å². The molecule has 0 radical (unpaired) electrons. The summed E-state index contributed by atoms with van der Waals surface area (Å²) in [5.74, 6) is -0.215. The Morgan fingerprint density at radius 3 is 1.84 bits per heavy atom. The molecule has 3 unspecified atom stereocenters. The highest BCUT2D eigenvalue weighted by atomic mass is 31.2. The number of phosphoric ester groups is 1. The zero-order chi connectivity index (χ0) is 32.9. The van der Waals surface area contributed by atoms with Crippen LogP contribution in [0.15, 0.2) is 24.3 Å². The standard InChI is InChI=1S/C35H69N2O6P/c1-6-8-10-12-14-16-17-18-19-20-21-22-24-26-28-34(38)33(32-43-44(40,41)42-31-30-37(3,4)5)36-35(39)29-27-25-23-15-13-11-9-7-2/h20-21,26,28,33-34,38H,6-19,22-25,27,29-32H2,1-5H3,(H-,36,39,40,41)/b21-20+,28-26+. The first-order valence-corrected chi connectivity index (χ1v) is 19.2. The minimum atomic E-state index is -4.57. The lowest BCUT2D eigenvalue weighted by Crippen LogP contribution is -2.45. The van der Waals surface area contributed by atoms with E-state index in [-0.39, 0.29) is 12.5 Å². The van der Waals surface area contributed by atoms with Crippen LogP contribution in [0.25, 0.3) is 0 Å². The maximum Gasteiger partial charge on any atom is 0.268 e. The van der Waals surface area contributed by atoms with Gasteiger partial charge < -0.3 is 28.8 Å². The molecule has 260 valence electrons. The summed E-state index contributed by atoms with van der Waals surface area (Å²) in [5.41, 5.74) is 0. The normalized spacial score (nSPS) is 15.2. The van der Waals surface area contributed by atoms with Crippen LogP contribution in [0.5, 0.6) is 0 Å². The number of unbranched alkanes of at least 4 members (excludes halogenated alkanes) is 16. The van der Waals surface area contributed by atoms with Gasteiger partial charge in [0, 0.05) is 6.42 Å². The number of nitrogens with one attached hydrogen (secondary N) is 1. The first-order chi connectivity index (χ1) is 21.0. The largest absolute Gasteiger partial charge is 0.756 e. The Bertz CT molecular complexity index is 784. The van der Waals surface area contributed by atoms with E-state index in [1.165, 1.54) is 83.5 Å². The van der Waals surface area contributed by atoms with E-state index in [0.717, 1.165) is 38.5 Å². The van der Waals surface area contributed by atoms with Gasteiger partial charge in [-0.15, -0.1) is 0 Å². The number of nitrogens with zero attached hydrogens (tertiary/aromatic N) is 1. The van der Waals surface area contributed by atoms with Crippen molar-refractivity contribution in [2.75, 3.05) is 40.9 Å². The Morgan fingerprint density at radius 1 is 0.773 bits per heavy atom. The van der Waals surface area contributed by atoms with Crippen LogP contribution in [0.3, 0.4) is 0 Å². The average molecular weight is 645 g/mol. The van der Waals surface area contributed by atoms with Crippen molar-refractivity contribution in [2.24, 2.45) is 0 Å². The smallest absolute Gasteiger partial charge is 0.268 e. The highest BCUT2D eigenvalue weighted by Gasteiger charge is 2.23. The average Bonchev–Trinajstić information content (AvgIpc) is 2.95. The second kappa shape index (κ2) is 28.2. The Kier molecular flexibility index (Phi) is 27.6. The first-order valence-electron chi connectivity index (χ1n) is 17.7. The molecule has 0 rings (SSSR count). The van der Waals surface area contributed by atoms with Gasteiger partial charge in [0.05, 0.1) is 39.9 Å². The van der Waals surface area contributed by atoms with Crippen molar-refractivity contribution in [3.63, 3.8) is 0 Å². The van der Waals surface area contributed by atoms with E-state index in [4.69, 9.17) is 9.05 Å². The van der Waals surface area contributed by atoms with Crippen molar-refractivity contribution >= 4 is 13.7 Å². The minimum Gasteiger partial charge on any atom is -0.756 e. The molecule has 8 nitrogen and oxygen atoms in total. The molecule has 0 aliphatic heterocycles. The molecular formula is C35H69N2O6P. The van der Waals surface area contributed by atoms with E-state index in [0.29, 0.717) is 17.4 Å². The van der Waals surface area contributed by atoms with E-state index in [9.17, 15) is 19.4 Å². The molecule has 44 heavy (non-hydrogen) atoms. The number of allylic oxidation sites excluding steroid dienone is 3. The molecule has 0 spiro atoms. The predicted molar refractivity (Wildman–Crippen MR) is 182 cm³/mol. The number of aliphatic hydroxyl groups is 1. The molecular weight excluding hydrogens is 575 g/mol. The minimum absolute atomic E-state index is 0.00519. The van der Waals surface area contributed by atoms with E-state index >= 15 is 0 Å². The summed E-state index contributed by atoms with van der Waals surface area (Å²) in [6.07, 6.45) is 29.4. The highest BCUT2D eigenvalue weighted by molar-refractivity contribution is 7.45. The summed E-state index contributed by atoms with van der Waals surface area (Å²) in [5, 5.41) is 13.6. The number of carbonyl (C=O) groups is 1. The molecule has 2 N–H and O–H groups in total. The maximum absolute atomic E-state index is 12.6. The summed E-state index contributed by atoms with van der Waals surface area (Å²) >= 11 is 0. The van der Waals surface area contributed by atoms with Gasteiger partial charge >= 0.3 is 0 Å². The van der Waals surface area contributed by atoms with Crippen molar-refractivity contribution in [1.82, 2.24) is 5.32 Å². The molecule has 0 saturated heterocycles. The van der Waals surface area contributed by atoms with Crippen molar-refractivity contribution in [3.8, 4) is 0 Å². The zero-order valence-corrected chi connectivity index (χ0v) is 30.0. The number of carbonyl (C=O) groups excluding carboxylic acids is 1. The SMILES string of the molecule is CCCCCCCCCC/C=C/CC/C=C/C(O)C(COP(=O)([O-])OCC[N+](C)(C)C)NC(=O)CCCCCCCCCC. The monoisotopic (exact) mass is 644 g/mol. The van der Waals surface area contributed by atoms with Gasteiger partial charge in [-0.25, -0.2) is 0 Å². The number of quaternary nitrogens is 1. The molecule has 0 fully saturated rings. The Balaban J connectivity index is 4.63. The topological polar surface area (TPSA) is 108 Å². The van der Waals surface area contributed by atoms with Crippen LogP contribution >= 0.6 is 7.82 Å². The van der Waals surface area contributed by atoms with Crippen LogP contribution < -0.4 is 10.2 Å². The molecule has 0 saturated carbocycles.